The molecule has 3 rings (SSSR count). The molecule has 0 aliphatic heterocycles. The predicted octanol–water partition coefficient (Wildman–Crippen LogP) is 4.23. The maximum absolute atomic E-state index is 2.47. The molecule has 0 spiro atoms. The second-order valence-corrected chi connectivity index (χ2v) is 12.5. The third-order valence-corrected chi connectivity index (χ3v) is 10.9. The van der Waals surface area contributed by atoms with E-state index in [1.165, 1.54) is 54.2 Å². The van der Waals surface area contributed by atoms with Crippen LogP contribution in [0.3, 0.4) is 0 Å². The van der Waals surface area contributed by atoms with E-state index in [4.69, 9.17) is 0 Å². The Hall–Kier alpha value is -1.18. The molecule has 0 aliphatic rings. The van der Waals surface area contributed by atoms with E-state index in [1.54, 1.807) is 0 Å². The average Bonchev–Trinajstić information content (AvgIpc) is 2.80. The van der Waals surface area contributed by atoms with Gasteiger partial charge in [0, 0.05) is 0 Å². The summed E-state index contributed by atoms with van der Waals surface area (Å²) < 4.78 is 0. The Bertz CT molecular complexity index is 751. The van der Waals surface area contributed by atoms with Gasteiger partial charge in [0.25, 0.3) is 0 Å². The second kappa shape index (κ2) is 13.4. The lowest BCUT2D eigenvalue weighted by atomic mass is 9.92. The number of hydrogen-bond acceptors (Lipinski definition) is 0. The van der Waals surface area contributed by atoms with Gasteiger partial charge in [0.15, 0.2) is 0 Å². The van der Waals surface area contributed by atoms with Gasteiger partial charge < -0.3 is 24.0 Å². The highest BCUT2D eigenvalue weighted by atomic mass is 127. The molecule has 3 aromatic rings. The van der Waals surface area contributed by atoms with Crippen LogP contribution in [0.1, 0.15) is 52.9 Å². The molecule has 0 aromatic heterocycles. The average molecular weight is 545 g/mol. The van der Waals surface area contributed by atoms with Gasteiger partial charge in [-0.25, -0.2) is 0 Å². The Morgan fingerprint density at radius 3 is 1.39 bits per heavy atom. The van der Waals surface area contributed by atoms with Crippen LogP contribution in [-0.4, -0.2) is 6.16 Å². The molecule has 3 aromatic carbocycles. The summed E-state index contributed by atoms with van der Waals surface area (Å²) in [7, 11) is -1.67. The van der Waals surface area contributed by atoms with Crippen molar-refractivity contribution in [2.75, 3.05) is 6.16 Å². The fraction of sp³-hybridized carbons (Fsp3) is 0.379. The zero-order valence-corrected chi connectivity index (χ0v) is 22.4. The third kappa shape index (κ3) is 6.90. The summed E-state index contributed by atoms with van der Waals surface area (Å²) in [5.74, 6) is 1.59. The van der Waals surface area contributed by atoms with E-state index in [0.717, 1.165) is 11.8 Å². The highest BCUT2D eigenvalue weighted by molar-refractivity contribution is 7.95. The summed E-state index contributed by atoms with van der Waals surface area (Å²) in [5.41, 5.74) is 0. The van der Waals surface area contributed by atoms with Crippen LogP contribution in [0.5, 0.6) is 0 Å². The molecule has 0 unspecified atom stereocenters. The fourth-order valence-electron chi connectivity index (χ4n) is 4.77. The molecule has 166 valence electrons. The minimum atomic E-state index is -1.67. The van der Waals surface area contributed by atoms with Gasteiger partial charge in [-0.3, -0.25) is 0 Å². The van der Waals surface area contributed by atoms with Crippen molar-refractivity contribution >= 4 is 23.2 Å². The Kier molecular flexibility index (Phi) is 11.3. The van der Waals surface area contributed by atoms with Crippen LogP contribution in [-0.2, 0) is 0 Å². The van der Waals surface area contributed by atoms with E-state index in [0.29, 0.717) is 0 Å². The first kappa shape index (κ1) is 26.1. The minimum absolute atomic E-state index is 0. The molecule has 0 bridgehead atoms. The number of halogens is 1. The summed E-state index contributed by atoms with van der Waals surface area (Å²) in [6.45, 7) is 7.22. The zero-order valence-electron chi connectivity index (χ0n) is 19.4. The monoisotopic (exact) mass is 544 g/mol. The molecule has 0 saturated heterocycles. The normalized spacial score (nSPS) is 13.3. The quantitative estimate of drug-likeness (QED) is 0.251. The smallest absolute Gasteiger partial charge is 0.112 e. The molecule has 0 aliphatic carbocycles. The van der Waals surface area contributed by atoms with Crippen molar-refractivity contribution < 1.29 is 24.0 Å². The van der Waals surface area contributed by atoms with Gasteiger partial charge in [-0.15, -0.1) is 0 Å². The van der Waals surface area contributed by atoms with Gasteiger partial charge in [0.1, 0.15) is 23.2 Å². The van der Waals surface area contributed by atoms with Crippen molar-refractivity contribution in [2.24, 2.45) is 11.8 Å². The summed E-state index contributed by atoms with van der Waals surface area (Å²) >= 11 is 0. The Morgan fingerprint density at radius 2 is 1.00 bits per heavy atom. The number of unbranched alkanes of at least 4 members (excludes halogenated alkanes) is 1. The van der Waals surface area contributed by atoms with Crippen molar-refractivity contribution in [2.45, 2.75) is 52.9 Å². The van der Waals surface area contributed by atoms with E-state index in [2.05, 4.69) is 112 Å². The maximum atomic E-state index is 2.47. The summed E-state index contributed by atoms with van der Waals surface area (Å²) in [4.78, 5) is 0. The summed E-state index contributed by atoms with van der Waals surface area (Å²) in [5, 5.41) is 4.52. The molecule has 0 heterocycles. The van der Waals surface area contributed by atoms with Gasteiger partial charge in [-0.2, -0.15) is 0 Å². The van der Waals surface area contributed by atoms with E-state index in [9.17, 15) is 0 Å². The molecule has 0 nitrogen and oxygen atoms in total. The summed E-state index contributed by atoms with van der Waals surface area (Å²) in [6.07, 6.45) is 7.91. The van der Waals surface area contributed by atoms with Gasteiger partial charge in [0.2, 0.25) is 0 Å². The van der Waals surface area contributed by atoms with Crippen molar-refractivity contribution in [1.82, 2.24) is 0 Å². The zero-order chi connectivity index (χ0) is 21.2. The fourth-order valence-corrected chi connectivity index (χ4v) is 9.31. The molecule has 2 atom stereocenters. The Labute approximate surface area is 208 Å². The van der Waals surface area contributed by atoms with Crippen LogP contribution in [0.2, 0.25) is 0 Å². The lowest BCUT2D eigenvalue weighted by molar-refractivity contribution is -0.00000634. The van der Waals surface area contributed by atoms with Crippen LogP contribution < -0.4 is 39.9 Å². The minimum Gasteiger partial charge on any atom is -1.00 e. The van der Waals surface area contributed by atoms with Crippen LogP contribution in [0, 0.1) is 11.8 Å². The number of hydrogen-bond donors (Lipinski definition) is 0. The third-order valence-electron chi connectivity index (χ3n) is 6.40. The van der Waals surface area contributed by atoms with Gasteiger partial charge in [-0.05, 0) is 61.1 Å². The van der Waals surface area contributed by atoms with Crippen molar-refractivity contribution in [3.05, 3.63) is 91.0 Å². The molecular weight excluding hydrogens is 506 g/mol. The lowest BCUT2D eigenvalue weighted by Gasteiger charge is -2.29. The van der Waals surface area contributed by atoms with Gasteiger partial charge >= 0.3 is 0 Å². The lowest BCUT2D eigenvalue weighted by Crippen LogP contribution is -3.00. The SMILES string of the molecule is CCCC[C@H](C)C[C@H](C)CC[P+](c1ccccc1)(c1ccccc1)c1ccccc1.[I-]. The largest absolute Gasteiger partial charge is 1.00 e. The van der Waals surface area contributed by atoms with Crippen molar-refractivity contribution in [3.8, 4) is 0 Å². The maximum Gasteiger partial charge on any atom is 0.112 e. The first-order valence-corrected chi connectivity index (χ1v) is 13.7. The molecule has 0 N–H and O–H groups in total. The number of benzene rings is 3. The van der Waals surface area contributed by atoms with E-state index in [-0.39, 0.29) is 24.0 Å². The highest BCUT2D eigenvalue weighted by Crippen LogP contribution is 2.56. The van der Waals surface area contributed by atoms with E-state index in [1.807, 2.05) is 0 Å². The van der Waals surface area contributed by atoms with E-state index >= 15 is 0 Å². The Balaban J connectivity index is 0.00000341. The molecule has 0 radical (unpaired) electrons. The topological polar surface area (TPSA) is 0 Å². The van der Waals surface area contributed by atoms with Crippen LogP contribution in [0.4, 0.5) is 0 Å². The molecule has 31 heavy (non-hydrogen) atoms. The van der Waals surface area contributed by atoms with Crippen LogP contribution in [0.25, 0.3) is 0 Å². The molecule has 0 fully saturated rings. The molecule has 0 saturated carbocycles. The summed E-state index contributed by atoms with van der Waals surface area (Å²) in [6, 6.07) is 33.9. The van der Waals surface area contributed by atoms with Crippen molar-refractivity contribution in [1.29, 1.82) is 0 Å². The highest BCUT2D eigenvalue weighted by Gasteiger charge is 2.44. The van der Waals surface area contributed by atoms with Gasteiger partial charge in [-0.1, -0.05) is 94.6 Å². The van der Waals surface area contributed by atoms with Crippen LogP contribution in [0.15, 0.2) is 91.0 Å². The standard InChI is InChI=1S/C29H38P.HI/c1-4-5-15-25(2)24-26(3)22-23-30(27-16-9-6-10-17-27,28-18-11-7-12-19-28)29-20-13-8-14-21-29;/h6-14,16-21,25-26H,4-5,15,22-24H2,1-3H3;1H/q+1;/p-1/t25-,26+;/m0./s1. The predicted molar refractivity (Wildman–Crippen MR) is 137 cm³/mol. The molecule has 2 heteroatoms. The second-order valence-electron chi connectivity index (χ2n) is 8.92. The first-order valence-electron chi connectivity index (χ1n) is 11.7. The molecular formula is C29H38IP. The van der Waals surface area contributed by atoms with E-state index < -0.39 is 7.26 Å². The van der Waals surface area contributed by atoms with Gasteiger partial charge in [0.05, 0.1) is 6.16 Å². The van der Waals surface area contributed by atoms with Crippen LogP contribution >= 0.6 is 7.26 Å². The van der Waals surface area contributed by atoms with Crippen molar-refractivity contribution in [3.63, 3.8) is 0 Å². The first-order chi connectivity index (χ1) is 14.7. The molecule has 0 amide bonds. The Morgan fingerprint density at radius 1 is 0.613 bits per heavy atom. The number of rotatable bonds is 11.